The molecule has 1 aromatic carbocycles. The molecule has 1 saturated heterocycles. The molecule has 1 aliphatic heterocycles. The maximum Gasteiger partial charge on any atom is 0.290 e. The van der Waals surface area contributed by atoms with Crippen LogP contribution < -0.4 is 10.1 Å². The van der Waals surface area contributed by atoms with Gasteiger partial charge in [0.25, 0.3) is 6.47 Å². The van der Waals surface area contributed by atoms with Gasteiger partial charge in [0.2, 0.25) is 5.91 Å². The fourth-order valence-electron chi connectivity index (χ4n) is 4.32. The van der Waals surface area contributed by atoms with Crippen molar-refractivity contribution in [1.82, 2.24) is 10.2 Å². The van der Waals surface area contributed by atoms with E-state index in [4.69, 9.17) is 14.6 Å². The molecule has 3 rings (SSSR count). The quantitative estimate of drug-likeness (QED) is 0.726. The fourth-order valence-corrected chi connectivity index (χ4v) is 4.32. The maximum atomic E-state index is 13.2. The average molecular weight is 391 g/mol. The standard InChI is InChI=1S/C21H32N2O2.CH2O2/c1-17(2)25-19-10-8-9-18(15-19)16-22-20(24)21(11-4-3-5-12-21)23-13-6-7-14-23;2-1-3/h8-10,15,17H,3-7,11-14,16H2,1-2H3,(H,22,24);1H,(H,2,3). The summed E-state index contributed by atoms with van der Waals surface area (Å²) in [6, 6.07) is 8.05. The Balaban J connectivity index is 0.000000878. The monoisotopic (exact) mass is 390 g/mol. The van der Waals surface area contributed by atoms with E-state index in [1.807, 2.05) is 32.0 Å². The number of ether oxygens (including phenoxy) is 1. The van der Waals surface area contributed by atoms with E-state index in [1.165, 1.54) is 32.1 Å². The Morgan fingerprint density at radius 1 is 1.21 bits per heavy atom. The molecule has 0 radical (unpaired) electrons. The summed E-state index contributed by atoms with van der Waals surface area (Å²) in [5, 5.41) is 10.1. The largest absolute Gasteiger partial charge is 0.491 e. The lowest BCUT2D eigenvalue weighted by molar-refractivity contribution is -0.135. The van der Waals surface area contributed by atoms with Crippen molar-refractivity contribution in [1.29, 1.82) is 0 Å². The minimum Gasteiger partial charge on any atom is -0.491 e. The Bertz CT molecular complexity index is 621. The molecule has 0 spiro atoms. The summed E-state index contributed by atoms with van der Waals surface area (Å²) >= 11 is 0. The second kappa shape index (κ2) is 11.1. The van der Waals surface area contributed by atoms with Crippen molar-refractivity contribution in [3.05, 3.63) is 29.8 Å². The Labute approximate surface area is 168 Å². The zero-order chi connectivity index (χ0) is 20.4. The highest BCUT2D eigenvalue weighted by molar-refractivity contribution is 5.86. The Morgan fingerprint density at radius 2 is 1.86 bits per heavy atom. The molecule has 6 nitrogen and oxygen atoms in total. The number of carboxylic acid groups (broad SMARTS) is 1. The highest BCUT2D eigenvalue weighted by Crippen LogP contribution is 2.36. The van der Waals surface area contributed by atoms with E-state index in [9.17, 15) is 4.79 Å². The molecule has 1 aromatic rings. The second-order valence-electron chi connectivity index (χ2n) is 7.89. The van der Waals surface area contributed by atoms with Crippen LogP contribution in [0.25, 0.3) is 0 Å². The van der Waals surface area contributed by atoms with Gasteiger partial charge in [-0.05, 0) is 70.3 Å². The van der Waals surface area contributed by atoms with Crippen molar-refractivity contribution in [2.45, 2.75) is 77.0 Å². The third-order valence-corrected chi connectivity index (χ3v) is 5.54. The highest BCUT2D eigenvalue weighted by atomic mass is 16.5. The fraction of sp³-hybridized carbons (Fsp3) is 0.636. The molecule has 2 fully saturated rings. The lowest BCUT2D eigenvalue weighted by Gasteiger charge is -2.43. The predicted octanol–water partition coefficient (Wildman–Crippen LogP) is 3.59. The van der Waals surface area contributed by atoms with Crippen molar-refractivity contribution >= 4 is 12.4 Å². The van der Waals surface area contributed by atoms with Crippen LogP contribution in [0.4, 0.5) is 0 Å². The summed E-state index contributed by atoms with van der Waals surface area (Å²) < 4.78 is 5.76. The summed E-state index contributed by atoms with van der Waals surface area (Å²) in [6.07, 6.45) is 8.23. The molecule has 1 amide bonds. The number of hydrogen-bond donors (Lipinski definition) is 2. The van der Waals surface area contributed by atoms with Gasteiger partial charge in [0.15, 0.2) is 0 Å². The highest BCUT2D eigenvalue weighted by Gasteiger charge is 2.45. The molecule has 1 heterocycles. The van der Waals surface area contributed by atoms with E-state index in [-0.39, 0.29) is 24.0 Å². The first-order chi connectivity index (χ1) is 13.5. The smallest absolute Gasteiger partial charge is 0.290 e. The van der Waals surface area contributed by atoms with Crippen LogP contribution in [0.5, 0.6) is 5.75 Å². The van der Waals surface area contributed by atoms with Crippen LogP contribution in [0.15, 0.2) is 24.3 Å². The Kier molecular flexibility index (Phi) is 8.77. The van der Waals surface area contributed by atoms with E-state index < -0.39 is 0 Å². The van der Waals surface area contributed by atoms with Gasteiger partial charge in [0, 0.05) is 6.54 Å². The van der Waals surface area contributed by atoms with Gasteiger partial charge in [-0.2, -0.15) is 0 Å². The molecule has 0 unspecified atom stereocenters. The van der Waals surface area contributed by atoms with E-state index in [0.717, 1.165) is 37.2 Å². The number of likely N-dealkylation sites (tertiary alicyclic amines) is 1. The topological polar surface area (TPSA) is 78.9 Å². The van der Waals surface area contributed by atoms with Gasteiger partial charge < -0.3 is 15.2 Å². The summed E-state index contributed by atoms with van der Waals surface area (Å²) in [4.78, 5) is 24.0. The molecular formula is C22H34N2O4. The lowest BCUT2D eigenvalue weighted by Crippen LogP contribution is -2.58. The van der Waals surface area contributed by atoms with Crippen molar-refractivity contribution in [2.75, 3.05) is 13.1 Å². The minimum atomic E-state index is -0.263. The number of hydrogen-bond acceptors (Lipinski definition) is 4. The number of nitrogens with zero attached hydrogens (tertiary/aromatic N) is 1. The van der Waals surface area contributed by atoms with Gasteiger partial charge in [-0.3, -0.25) is 14.5 Å². The summed E-state index contributed by atoms with van der Waals surface area (Å²) in [5.74, 6) is 1.10. The van der Waals surface area contributed by atoms with Gasteiger partial charge >= 0.3 is 0 Å². The lowest BCUT2D eigenvalue weighted by atomic mass is 9.79. The van der Waals surface area contributed by atoms with Crippen LogP contribution in [-0.2, 0) is 16.1 Å². The summed E-state index contributed by atoms with van der Waals surface area (Å²) in [7, 11) is 0. The molecule has 1 saturated carbocycles. The van der Waals surface area contributed by atoms with Crippen LogP contribution >= 0.6 is 0 Å². The van der Waals surface area contributed by atoms with Crippen LogP contribution in [-0.4, -0.2) is 47.1 Å². The minimum absolute atomic E-state index is 0.158. The first kappa shape index (κ1) is 22.2. The normalized spacial score (nSPS) is 18.8. The van der Waals surface area contributed by atoms with Crippen LogP contribution in [0.1, 0.15) is 64.4 Å². The zero-order valence-electron chi connectivity index (χ0n) is 17.2. The molecule has 0 bridgehead atoms. The maximum absolute atomic E-state index is 13.2. The Hall–Kier alpha value is -2.08. The van der Waals surface area contributed by atoms with Gasteiger partial charge in [0.05, 0.1) is 6.10 Å². The van der Waals surface area contributed by atoms with E-state index in [1.54, 1.807) is 0 Å². The molecule has 0 atom stereocenters. The van der Waals surface area contributed by atoms with E-state index >= 15 is 0 Å². The van der Waals surface area contributed by atoms with Crippen LogP contribution in [0.2, 0.25) is 0 Å². The Morgan fingerprint density at radius 3 is 2.46 bits per heavy atom. The SMILES string of the molecule is CC(C)Oc1cccc(CNC(=O)C2(N3CCCC3)CCCCC2)c1.O=CO. The molecule has 28 heavy (non-hydrogen) atoms. The first-order valence-electron chi connectivity index (χ1n) is 10.4. The van der Waals surface area contributed by atoms with Gasteiger partial charge in [-0.1, -0.05) is 31.4 Å². The number of amides is 1. The molecule has 6 heteroatoms. The second-order valence-corrected chi connectivity index (χ2v) is 7.89. The van der Waals surface area contributed by atoms with E-state index in [0.29, 0.717) is 6.54 Å². The van der Waals surface area contributed by atoms with Gasteiger partial charge in [0.1, 0.15) is 11.3 Å². The number of carbonyl (C=O) groups is 2. The van der Waals surface area contributed by atoms with Gasteiger partial charge in [-0.25, -0.2) is 0 Å². The molecular weight excluding hydrogens is 356 g/mol. The van der Waals surface area contributed by atoms with E-state index in [2.05, 4.69) is 16.3 Å². The number of carbonyl (C=O) groups excluding carboxylic acids is 1. The summed E-state index contributed by atoms with van der Waals surface area (Å²) in [5.41, 5.74) is 0.833. The van der Waals surface area contributed by atoms with Crippen molar-refractivity contribution in [3.63, 3.8) is 0 Å². The first-order valence-corrected chi connectivity index (χ1v) is 10.4. The third kappa shape index (κ3) is 5.96. The summed E-state index contributed by atoms with van der Waals surface area (Å²) in [6.45, 7) is 6.52. The van der Waals surface area contributed by atoms with Crippen molar-refractivity contribution in [3.8, 4) is 5.75 Å². The average Bonchev–Trinajstić information content (AvgIpc) is 3.22. The number of benzene rings is 1. The number of nitrogens with one attached hydrogen (secondary N) is 1. The van der Waals surface area contributed by atoms with Crippen LogP contribution in [0, 0.1) is 0 Å². The third-order valence-electron chi connectivity index (χ3n) is 5.54. The van der Waals surface area contributed by atoms with Crippen LogP contribution in [0.3, 0.4) is 0 Å². The van der Waals surface area contributed by atoms with Crippen molar-refractivity contribution < 1.29 is 19.4 Å². The van der Waals surface area contributed by atoms with Crippen molar-refractivity contribution in [2.24, 2.45) is 0 Å². The zero-order valence-corrected chi connectivity index (χ0v) is 17.2. The molecule has 2 N–H and O–H groups in total. The molecule has 0 aromatic heterocycles. The predicted molar refractivity (Wildman–Crippen MR) is 109 cm³/mol. The molecule has 1 aliphatic carbocycles. The number of rotatable bonds is 6. The molecule has 156 valence electrons. The molecule has 2 aliphatic rings. The van der Waals surface area contributed by atoms with Gasteiger partial charge in [-0.15, -0.1) is 0 Å².